The van der Waals surface area contributed by atoms with Crippen LogP contribution in [0.5, 0.6) is 0 Å². The molecule has 0 saturated heterocycles. The summed E-state index contributed by atoms with van der Waals surface area (Å²) in [6, 6.07) is 16.9. The van der Waals surface area contributed by atoms with Crippen molar-refractivity contribution in [3.8, 4) is 11.8 Å². The third kappa shape index (κ3) is 3.68. The first-order valence-corrected chi connectivity index (χ1v) is 8.88. The zero-order valence-corrected chi connectivity index (χ0v) is 14.9. The maximum atomic E-state index is 3.58. The predicted octanol–water partition coefficient (Wildman–Crippen LogP) is 6.26. The Morgan fingerprint density at radius 3 is 2.74 bits per heavy atom. The van der Waals surface area contributed by atoms with Crippen LogP contribution in [0.15, 0.2) is 59.2 Å². The zero-order chi connectivity index (χ0) is 16.1. The summed E-state index contributed by atoms with van der Waals surface area (Å²) in [5.41, 5.74) is 3.65. The number of halogens is 1. The van der Waals surface area contributed by atoms with Crippen LogP contribution in [0.3, 0.4) is 0 Å². The molecule has 23 heavy (non-hydrogen) atoms. The molecule has 1 aromatic heterocycles. The molecule has 0 fully saturated rings. The van der Waals surface area contributed by atoms with Crippen LogP contribution in [-0.2, 0) is 0 Å². The Bertz CT molecular complexity index is 836. The van der Waals surface area contributed by atoms with Gasteiger partial charge in [-0.15, -0.1) is 5.92 Å². The number of aromatic nitrogens is 1. The lowest BCUT2D eigenvalue weighted by Gasteiger charge is -2.11. The third-order valence-corrected chi connectivity index (χ3v) is 4.51. The molecule has 1 N–H and O–H groups in total. The van der Waals surface area contributed by atoms with E-state index in [1.54, 1.807) is 0 Å². The summed E-state index contributed by atoms with van der Waals surface area (Å²) < 4.78 is 1.09. The molecule has 0 aliphatic carbocycles. The summed E-state index contributed by atoms with van der Waals surface area (Å²) in [5.74, 6) is 6.98. The van der Waals surface area contributed by atoms with E-state index in [-0.39, 0.29) is 5.92 Å². The second-order valence-corrected chi connectivity index (χ2v) is 6.62. The van der Waals surface area contributed by atoms with E-state index < -0.39 is 0 Å². The predicted molar refractivity (Wildman–Crippen MR) is 102 cm³/mol. The van der Waals surface area contributed by atoms with Crippen molar-refractivity contribution in [2.24, 2.45) is 0 Å². The minimum atomic E-state index is 0.108. The molecule has 0 radical (unpaired) electrons. The zero-order valence-electron chi connectivity index (χ0n) is 13.3. The van der Waals surface area contributed by atoms with Gasteiger partial charge in [-0.2, -0.15) is 0 Å². The molecule has 0 amide bonds. The Labute approximate surface area is 146 Å². The molecule has 3 rings (SSSR count). The molecular formula is C21H20BrN. The van der Waals surface area contributed by atoms with Crippen molar-refractivity contribution in [2.45, 2.75) is 32.1 Å². The van der Waals surface area contributed by atoms with Gasteiger partial charge in [0.2, 0.25) is 0 Å². The van der Waals surface area contributed by atoms with Gasteiger partial charge < -0.3 is 4.98 Å². The van der Waals surface area contributed by atoms with E-state index in [9.17, 15) is 0 Å². The molecular weight excluding hydrogens is 346 g/mol. The van der Waals surface area contributed by atoms with E-state index in [2.05, 4.69) is 94.4 Å². The van der Waals surface area contributed by atoms with Crippen molar-refractivity contribution in [3.63, 3.8) is 0 Å². The number of unbranched alkanes of at least 4 members (excludes halogenated alkanes) is 2. The fourth-order valence-corrected chi connectivity index (χ4v) is 3.14. The maximum absolute atomic E-state index is 3.58. The Morgan fingerprint density at radius 2 is 1.96 bits per heavy atom. The van der Waals surface area contributed by atoms with Crippen LogP contribution < -0.4 is 0 Å². The van der Waals surface area contributed by atoms with E-state index in [0.29, 0.717) is 0 Å². The Morgan fingerprint density at radius 1 is 1.13 bits per heavy atom. The van der Waals surface area contributed by atoms with Crippen molar-refractivity contribution < 1.29 is 0 Å². The lowest BCUT2D eigenvalue weighted by atomic mass is 9.91. The first kappa shape index (κ1) is 15.9. The molecule has 0 aliphatic rings. The van der Waals surface area contributed by atoms with Crippen LogP contribution in [0, 0.1) is 11.8 Å². The molecule has 0 aliphatic heterocycles. The molecule has 0 spiro atoms. The van der Waals surface area contributed by atoms with Crippen LogP contribution in [0.4, 0.5) is 0 Å². The molecule has 2 aromatic carbocycles. The Hall–Kier alpha value is -1.98. The number of hydrogen-bond acceptors (Lipinski definition) is 0. The Kier molecular flexibility index (Phi) is 5.20. The number of fused-ring (bicyclic) bond motifs is 1. The minimum Gasteiger partial charge on any atom is -0.361 e. The average Bonchev–Trinajstić information content (AvgIpc) is 2.98. The van der Waals surface area contributed by atoms with Gasteiger partial charge in [0, 0.05) is 28.0 Å². The number of rotatable bonds is 4. The minimum absolute atomic E-state index is 0.108. The summed E-state index contributed by atoms with van der Waals surface area (Å²) in [6.45, 7) is 2.20. The first-order chi connectivity index (χ1) is 11.3. The van der Waals surface area contributed by atoms with Gasteiger partial charge in [0.1, 0.15) is 0 Å². The molecule has 1 nitrogen and oxygen atoms in total. The molecule has 3 aromatic rings. The highest BCUT2D eigenvalue weighted by Crippen LogP contribution is 2.32. The number of hydrogen-bond donors (Lipinski definition) is 1. The Balaban J connectivity index is 2.06. The first-order valence-electron chi connectivity index (χ1n) is 8.09. The van der Waals surface area contributed by atoms with Crippen molar-refractivity contribution in [1.29, 1.82) is 0 Å². The van der Waals surface area contributed by atoms with E-state index >= 15 is 0 Å². The second kappa shape index (κ2) is 7.53. The maximum Gasteiger partial charge on any atom is 0.0722 e. The molecule has 1 heterocycles. The quantitative estimate of drug-likeness (QED) is 0.415. The van der Waals surface area contributed by atoms with Crippen LogP contribution in [0.2, 0.25) is 0 Å². The highest BCUT2D eigenvalue weighted by atomic mass is 79.9. The van der Waals surface area contributed by atoms with E-state index in [0.717, 1.165) is 22.8 Å². The highest BCUT2D eigenvalue weighted by Gasteiger charge is 2.16. The molecule has 0 bridgehead atoms. The number of H-pyrrole nitrogens is 1. The fraction of sp³-hybridized carbons (Fsp3) is 0.238. The molecule has 116 valence electrons. The van der Waals surface area contributed by atoms with Gasteiger partial charge in [0.15, 0.2) is 0 Å². The summed E-state index contributed by atoms with van der Waals surface area (Å²) in [7, 11) is 0. The molecule has 1 atom stereocenters. The van der Waals surface area contributed by atoms with Gasteiger partial charge in [-0.3, -0.25) is 0 Å². The third-order valence-electron chi connectivity index (χ3n) is 4.02. The second-order valence-electron chi connectivity index (χ2n) is 5.70. The van der Waals surface area contributed by atoms with Crippen LogP contribution in [0.25, 0.3) is 10.9 Å². The van der Waals surface area contributed by atoms with Crippen LogP contribution >= 0.6 is 15.9 Å². The lowest BCUT2D eigenvalue weighted by Crippen LogP contribution is -1.97. The normalized spacial score (nSPS) is 11.9. The van der Waals surface area contributed by atoms with Gasteiger partial charge in [-0.25, -0.2) is 0 Å². The highest BCUT2D eigenvalue weighted by molar-refractivity contribution is 9.10. The molecule has 0 saturated carbocycles. The average molecular weight is 366 g/mol. The largest absolute Gasteiger partial charge is 0.361 e. The SMILES string of the molecule is CCCCC#CC(c1ccccc1)c1c[nH]c2ccc(Br)cc12. The summed E-state index contributed by atoms with van der Waals surface area (Å²) in [5, 5.41) is 1.23. The van der Waals surface area contributed by atoms with Gasteiger partial charge in [-0.1, -0.05) is 65.5 Å². The van der Waals surface area contributed by atoms with Crippen LogP contribution in [0.1, 0.15) is 43.2 Å². The molecule has 1 unspecified atom stereocenters. The van der Waals surface area contributed by atoms with Crippen molar-refractivity contribution in [2.75, 3.05) is 0 Å². The monoisotopic (exact) mass is 365 g/mol. The van der Waals surface area contributed by atoms with Crippen LogP contribution in [-0.4, -0.2) is 4.98 Å². The number of benzene rings is 2. The van der Waals surface area contributed by atoms with Gasteiger partial charge >= 0.3 is 0 Å². The van der Waals surface area contributed by atoms with E-state index in [1.165, 1.54) is 22.9 Å². The fourth-order valence-electron chi connectivity index (χ4n) is 2.78. The van der Waals surface area contributed by atoms with E-state index in [1.807, 2.05) is 0 Å². The molecule has 2 heteroatoms. The van der Waals surface area contributed by atoms with Crippen molar-refractivity contribution >= 4 is 26.8 Å². The number of aromatic amines is 1. The van der Waals surface area contributed by atoms with Crippen molar-refractivity contribution in [1.82, 2.24) is 4.98 Å². The van der Waals surface area contributed by atoms with Gasteiger partial charge in [0.05, 0.1) is 5.92 Å². The topological polar surface area (TPSA) is 15.8 Å². The van der Waals surface area contributed by atoms with Gasteiger partial charge in [-0.05, 0) is 35.7 Å². The standard InChI is InChI=1S/C21H20BrN/c1-2-3-4-8-11-18(16-9-6-5-7-10-16)20-15-23-21-13-12-17(22)14-19(20)21/h5-7,9-10,12-15,18,23H,2-4H2,1H3. The summed E-state index contributed by atoms with van der Waals surface area (Å²) in [6.07, 6.45) is 5.41. The smallest absolute Gasteiger partial charge is 0.0722 e. The summed E-state index contributed by atoms with van der Waals surface area (Å²) in [4.78, 5) is 3.38. The number of nitrogens with one attached hydrogen (secondary N) is 1. The van der Waals surface area contributed by atoms with Crippen molar-refractivity contribution in [3.05, 3.63) is 70.3 Å². The van der Waals surface area contributed by atoms with E-state index in [4.69, 9.17) is 0 Å². The lowest BCUT2D eigenvalue weighted by molar-refractivity contribution is 0.827. The van der Waals surface area contributed by atoms with Gasteiger partial charge in [0.25, 0.3) is 0 Å². The summed E-state index contributed by atoms with van der Waals surface area (Å²) >= 11 is 3.58.